The number of benzene rings is 1. The summed E-state index contributed by atoms with van der Waals surface area (Å²) in [5.41, 5.74) is 0.427. The van der Waals surface area contributed by atoms with Crippen molar-refractivity contribution in [2.45, 2.75) is 6.61 Å². The van der Waals surface area contributed by atoms with E-state index in [2.05, 4.69) is 4.98 Å². The minimum Gasteiger partial charge on any atom is -0.436 e. The van der Waals surface area contributed by atoms with E-state index < -0.39 is 11.6 Å². The predicted octanol–water partition coefficient (Wildman–Crippen LogP) is 2.64. The largest absolute Gasteiger partial charge is 0.436 e. The van der Waals surface area contributed by atoms with Crippen molar-refractivity contribution in [2.75, 3.05) is 0 Å². The molecule has 17 heavy (non-hydrogen) atoms. The van der Waals surface area contributed by atoms with E-state index in [4.69, 9.17) is 9.84 Å². The molecule has 0 saturated heterocycles. The molecule has 2 rings (SSSR count). The summed E-state index contributed by atoms with van der Waals surface area (Å²) in [6, 6.07) is 6.19. The molecule has 2 aromatic rings. The van der Waals surface area contributed by atoms with Crippen LogP contribution in [0.2, 0.25) is 0 Å². The van der Waals surface area contributed by atoms with Crippen LogP contribution in [0.25, 0.3) is 0 Å². The van der Waals surface area contributed by atoms with Crippen LogP contribution in [-0.2, 0) is 6.61 Å². The Labute approximate surface area is 96.3 Å². The first-order chi connectivity index (χ1) is 8.20. The van der Waals surface area contributed by atoms with Gasteiger partial charge in [0.25, 0.3) is 0 Å². The quantitative estimate of drug-likeness (QED) is 0.892. The third-order valence-electron chi connectivity index (χ3n) is 2.12. The minimum absolute atomic E-state index is 0.0977. The number of aromatic nitrogens is 1. The Hall–Kier alpha value is -2.01. The Balaban J connectivity index is 2.31. The topological polar surface area (TPSA) is 42.4 Å². The molecule has 88 valence electrons. The van der Waals surface area contributed by atoms with Gasteiger partial charge in [-0.2, -0.15) is 0 Å². The van der Waals surface area contributed by atoms with Crippen molar-refractivity contribution in [3.63, 3.8) is 0 Å². The van der Waals surface area contributed by atoms with E-state index >= 15 is 0 Å². The average molecular weight is 237 g/mol. The molecule has 0 bridgehead atoms. The van der Waals surface area contributed by atoms with Gasteiger partial charge >= 0.3 is 0 Å². The second-order valence-corrected chi connectivity index (χ2v) is 3.30. The highest BCUT2D eigenvalue weighted by Crippen LogP contribution is 2.25. The number of ether oxygens (including phenoxy) is 1. The number of pyridine rings is 1. The predicted molar refractivity (Wildman–Crippen MR) is 56.6 cm³/mol. The molecule has 1 N–H and O–H groups in total. The summed E-state index contributed by atoms with van der Waals surface area (Å²) in [6.45, 7) is -0.272. The van der Waals surface area contributed by atoms with Gasteiger partial charge in [-0.3, -0.25) is 0 Å². The Bertz CT molecular complexity index is 532. The summed E-state index contributed by atoms with van der Waals surface area (Å²) in [7, 11) is 0. The van der Waals surface area contributed by atoms with Crippen molar-refractivity contribution >= 4 is 0 Å². The molecule has 5 heteroatoms. The first-order valence-electron chi connectivity index (χ1n) is 4.88. The highest BCUT2D eigenvalue weighted by atomic mass is 19.1. The fourth-order valence-corrected chi connectivity index (χ4v) is 1.30. The number of hydrogen-bond acceptors (Lipinski definition) is 3. The van der Waals surface area contributed by atoms with Gasteiger partial charge in [-0.1, -0.05) is 0 Å². The molecule has 0 amide bonds. The molecule has 0 atom stereocenters. The number of aliphatic hydroxyl groups is 1. The molecule has 1 heterocycles. The van der Waals surface area contributed by atoms with Crippen molar-refractivity contribution in [3.8, 4) is 11.6 Å². The zero-order chi connectivity index (χ0) is 12.3. The zero-order valence-electron chi connectivity index (χ0n) is 8.73. The van der Waals surface area contributed by atoms with E-state index in [9.17, 15) is 8.78 Å². The van der Waals surface area contributed by atoms with E-state index in [1.807, 2.05) is 0 Å². The van der Waals surface area contributed by atoms with Crippen LogP contribution < -0.4 is 4.74 Å². The number of hydrogen-bond donors (Lipinski definition) is 1. The van der Waals surface area contributed by atoms with Gasteiger partial charge in [0.1, 0.15) is 5.82 Å². The van der Waals surface area contributed by atoms with Gasteiger partial charge in [0.05, 0.1) is 6.61 Å². The summed E-state index contributed by atoms with van der Waals surface area (Å²) < 4.78 is 31.2. The molecule has 1 aromatic heterocycles. The molecular weight excluding hydrogens is 228 g/mol. The third-order valence-corrected chi connectivity index (χ3v) is 2.12. The Morgan fingerprint density at radius 3 is 2.76 bits per heavy atom. The minimum atomic E-state index is -0.820. The molecule has 3 nitrogen and oxygen atoms in total. The smallest absolute Gasteiger partial charge is 0.224 e. The van der Waals surface area contributed by atoms with Gasteiger partial charge < -0.3 is 9.84 Å². The maximum Gasteiger partial charge on any atom is 0.224 e. The van der Waals surface area contributed by atoms with E-state index in [0.29, 0.717) is 5.56 Å². The van der Waals surface area contributed by atoms with E-state index in [1.54, 1.807) is 12.1 Å². The average Bonchev–Trinajstić information content (AvgIpc) is 2.33. The van der Waals surface area contributed by atoms with Gasteiger partial charge in [-0.15, -0.1) is 0 Å². The van der Waals surface area contributed by atoms with Crippen molar-refractivity contribution in [1.82, 2.24) is 4.98 Å². The second kappa shape index (κ2) is 4.88. The first kappa shape index (κ1) is 11.5. The zero-order valence-corrected chi connectivity index (χ0v) is 8.73. The van der Waals surface area contributed by atoms with E-state index in [1.165, 1.54) is 12.3 Å². The van der Waals surface area contributed by atoms with Gasteiger partial charge in [-0.05, 0) is 24.3 Å². The number of nitrogens with zero attached hydrogens (tertiary/aromatic N) is 1. The molecule has 1 aromatic carbocycles. The fraction of sp³-hybridized carbons (Fsp3) is 0.0833. The van der Waals surface area contributed by atoms with E-state index in [0.717, 1.165) is 12.1 Å². The lowest BCUT2D eigenvalue weighted by atomic mass is 10.3. The number of aliphatic hydroxyl groups excluding tert-OH is 1. The maximum absolute atomic E-state index is 13.3. The standard InChI is InChI=1S/C12H9F2NO2/c13-9-3-4-11(10(14)6-9)17-12-8(7-16)2-1-5-15-12/h1-6,16H,7H2. The normalized spacial score (nSPS) is 10.3. The van der Waals surface area contributed by atoms with Crippen molar-refractivity contribution in [2.24, 2.45) is 0 Å². The monoisotopic (exact) mass is 237 g/mol. The molecule has 0 unspecified atom stereocenters. The van der Waals surface area contributed by atoms with Crippen molar-refractivity contribution in [3.05, 3.63) is 53.7 Å². The number of halogens is 2. The molecule has 0 fully saturated rings. The molecule has 0 aliphatic carbocycles. The number of rotatable bonds is 3. The molecular formula is C12H9F2NO2. The Morgan fingerprint density at radius 2 is 2.06 bits per heavy atom. The van der Waals surface area contributed by atoms with Gasteiger partial charge in [-0.25, -0.2) is 13.8 Å². The summed E-state index contributed by atoms with van der Waals surface area (Å²) in [6.07, 6.45) is 1.45. The van der Waals surface area contributed by atoms with Gasteiger partial charge in [0.2, 0.25) is 5.88 Å². The van der Waals surface area contributed by atoms with Crippen LogP contribution in [0.5, 0.6) is 11.6 Å². The van der Waals surface area contributed by atoms with E-state index in [-0.39, 0.29) is 18.2 Å². The molecule has 0 saturated carbocycles. The van der Waals surface area contributed by atoms with Crippen LogP contribution in [0.1, 0.15) is 5.56 Å². The van der Waals surface area contributed by atoms with Crippen molar-refractivity contribution in [1.29, 1.82) is 0 Å². The Morgan fingerprint density at radius 1 is 1.24 bits per heavy atom. The summed E-state index contributed by atoms with van der Waals surface area (Å²) in [5.74, 6) is -1.54. The van der Waals surface area contributed by atoms with Crippen LogP contribution in [0.3, 0.4) is 0 Å². The molecule has 0 aliphatic heterocycles. The van der Waals surface area contributed by atoms with Crippen LogP contribution in [0.15, 0.2) is 36.5 Å². The van der Waals surface area contributed by atoms with Crippen molar-refractivity contribution < 1.29 is 18.6 Å². The first-order valence-corrected chi connectivity index (χ1v) is 4.88. The molecule has 0 radical (unpaired) electrons. The third kappa shape index (κ3) is 2.57. The summed E-state index contributed by atoms with van der Waals surface area (Å²) in [5, 5.41) is 9.04. The van der Waals surface area contributed by atoms with Gasteiger partial charge in [0.15, 0.2) is 11.6 Å². The fourth-order valence-electron chi connectivity index (χ4n) is 1.30. The lowest BCUT2D eigenvalue weighted by Crippen LogP contribution is -1.96. The second-order valence-electron chi connectivity index (χ2n) is 3.30. The summed E-state index contributed by atoms with van der Waals surface area (Å²) >= 11 is 0. The van der Waals surface area contributed by atoms with Crippen LogP contribution in [-0.4, -0.2) is 10.1 Å². The Kier molecular flexibility index (Phi) is 3.30. The van der Waals surface area contributed by atoms with Crippen LogP contribution >= 0.6 is 0 Å². The highest BCUT2D eigenvalue weighted by Gasteiger charge is 2.09. The SMILES string of the molecule is OCc1cccnc1Oc1ccc(F)cc1F. The maximum atomic E-state index is 13.3. The van der Waals surface area contributed by atoms with Crippen LogP contribution in [0.4, 0.5) is 8.78 Å². The lowest BCUT2D eigenvalue weighted by molar-refractivity contribution is 0.274. The molecule has 0 aliphatic rings. The highest BCUT2D eigenvalue weighted by molar-refractivity contribution is 5.32. The van der Waals surface area contributed by atoms with Crippen LogP contribution in [0, 0.1) is 11.6 Å². The molecule has 0 spiro atoms. The summed E-state index contributed by atoms with van der Waals surface area (Å²) in [4.78, 5) is 3.87. The van der Waals surface area contributed by atoms with Gasteiger partial charge in [0, 0.05) is 17.8 Å². The lowest BCUT2D eigenvalue weighted by Gasteiger charge is -2.08.